The Morgan fingerprint density at radius 1 is 1.14 bits per heavy atom. The number of carbonyl (C=O) groups excluding carboxylic acids is 1. The summed E-state index contributed by atoms with van der Waals surface area (Å²) in [5.74, 6) is 0.124. The van der Waals surface area contributed by atoms with Crippen LogP contribution >= 0.6 is 0 Å². The van der Waals surface area contributed by atoms with Crippen molar-refractivity contribution in [1.82, 2.24) is 9.96 Å². The van der Waals surface area contributed by atoms with Gasteiger partial charge in [0.2, 0.25) is 5.91 Å². The maximum atomic E-state index is 13.0. The maximum absolute atomic E-state index is 13.0. The molecule has 0 aromatic heterocycles. The first kappa shape index (κ1) is 20.5. The zero-order chi connectivity index (χ0) is 19.9. The minimum atomic E-state index is -0.274. The van der Waals surface area contributed by atoms with E-state index in [9.17, 15) is 9.18 Å². The van der Waals surface area contributed by atoms with E-state index in [2.05, 4.69) is 36.1 Å². The first-order valence-corrected chi connectivity index (χ1v) is 9.97. The summed E-state index contributed by atoms with van der Waals surface area (Å²) in [6.45, 7) is 6.99. The fourth-order valence-electron chi connectivity index (χ4n) is 3.79. The second kappa shape index (κ2) is 9.80. The number of benzene rings is 2. The Morgan fingerprint density at radius 3 is 2.39 bits per heavy atom. The van der Waals surface area contributed by atoms with Crippen LogP contribution in [0.1, 0.15) is 43.7 Å². The van der Waals surface area contributed by atoms with Crippen molar-refractivity contribution in [2.75, 3.05) is 19.6 Å². The first-order valence-electron chi connectivity index (χ1n) is 9.97. The molecule has 5 heteroatoms. The molecule has 0 saturated carbocycles. The molecule has 0 bridgehead atoms. The molecule has 1 amide bonds. The van der Waals surface area contributed by atoms with Crippen molar-refractivity contribution < 1.29 is 14.0 Å². The number of rotatable bonds is 7. The number of carbonyl (C=O) groups is 1. The molecule has 1 atom stereocenters. The number of piperidine rings is 1. The highest BCUT2D eigenvalue weighted by Crippen LogP contribution is 2.22. The molecule has 3 rings (SSSR count). The van der Waals surface area contributed by atoms with Crippen molar-refractivity contribution in [3.63, 3.8) is 0 Å². The number of amides is 1. The van der Waals surface area contributed by atoms with Gasteiger partial charge in [0.15, 0.2) is 0 Å². The van der Waals surface area contributed by atoms with Crippen LogP contribution in [0.3, 0.4) is 0 Å². The Hall–Kier alpha value is -2.24. The van der Waals surface area contributed by atoms with Crippen LogP contribution in [0.5, 0.6) is 0 Å². The van der Waals surface area contributed by atoms with E-state index in [1.165, 1.54) is 29.7 Å². The van der Waals surface area contributed by atoms with Crippen LogP contribution in [0.2, 0.25) is 0 Å². The van der Waals surface area contributed by atoms with Crippen molar-refractivity contribution >= 4 is 5.91 Å². The second-order valence-corrected chi connectivity index (χ2v) is 7.59. The molecular weight excluding hydrogens is 355 g/mol. The smallest absolute Gasteiger partial charge is 0.243 e. The first-order chi connectivity index (χ1) is 13.5. The van der Waals surface area contributed by atoms with E-state index in [0.717, 1.165) is 38.0 Å². The zero-order valence-electron chi connectivity index (χ0n) is 16.7. The normalized spacial score (nSPS) is 16.7. The molecule has 1 unspecified atom stereocenters. The molecule has 0 aliphatic carbocycles. The lowest BCUT2D eigenvalue weighted by atomic mass is 9.98. The highest BCUT2D eigenvalue weighted by Gasteiger charge is 2.28. The minimum absolute atomic E-state index is 0.0845. The number of hydrogen-bond acceptors (Lipinski definition) is 3. The minimum Gasteiger partial charge on any atom is -0.303 e. The van der Waals surface area contributed by atoms with E-state index >= 15 is 0 Å². The molecule has 1 saturated heterocycles. The van der Waals surface area contributed by atoms with Gasteiger partial charge in [-0.25, -0.2) is 9.45 Å². The Labute approximate surface area is 166 Å². The molecule has 1 aliphatic heterocycles. The number of likely N-dealkylation sites (tertiary alicyclic amines) is 1. The van der Waals surface area contributed by atoms with Crippen LogP contribution in [0.4, 0.5) is 4.39 Å². The van der Waals surface area contributed by atoms with Gasteiger partial charge >= 0.3 is 0 Å². The molecule has 1 heterocycles. The summed E-state index contributed by atoms with van der Waals surface area (Å²) in [6, 6.07) is 16.8. The lowest BCUT2D eigenvalue weighted by Crippen LogP contribution is -2.47. The molecule has 0 N–H and O–H groups in total. The topological polar surface area (TPSA) is 32.8 Å². The van der Waals surface area contributed by atoms with Crippen molar-refractivity contribution in [2.45, 2.75) is 45.3 Å². The highest BCUT2D eigenvalue weighted by molar-refractivity contribution is 5.72. The monoisotopic (exact) mass is 384 g/mol. The van der Waals surface area contributed by atoms with Crippen molar-refractivity contribution in [2.24, 2.45) is 0 Å². The standard InChI is InChI=1S/C23H29FN2O2/c1-18(21-6-4-3-5-7-21)16-25-14-12-23(13-15-25)26(19(2)27)28-17-20-8-10-22(24)11-9-20/h3-11,18,23H,12-17H2,1-2H3. The van der Waals surface area contributed by atoms with Gasteiger partial charge in [0.1, 0.15) is 12.4 Å². The molecule has 2 aromatic carbocycles. The lowest BCUT2D eigenvalue weighted by Gasteiger charge is -2.38. The summed E-state index contributed by atoms with van der Waals surface area (Å²) >= 11 is 0. The third-order valence-electron chi connectivity index (χ3n) is 5.38. The summed E-state index contributed by atoms with van der Waals surface area (Å²) in [5.41, 5.74) is 2.21. The average molecular weight is 384 g/mol. The summed E-state index contributed by atoms with van der Waals surface area (Å²) < 4.78 is 13.0. The molecule has 4 nitrogen and oxygen atoms in total. The molecule has 0 spiro atoms. The summed E-state index contributed by atoms with van der Waals surface area (Å²) in [5, 5.41) is 1.52. The van der Waals surface area contributed by atoms with E-state index in [-0.39, 0.29) is 24.4 Å². The van der Waals surface area contributed by atoms with Gasteiger partial charge < -0.3 is 4.90 Å². The molecule has 1 fully saturated rings. The van der Waals surface area contributed by atoms with Gasteiger partial charge in [-0.05, 0) is 42.0 Å². The number of hydroxylamine groups is 2. The fourth-order valence-corrected chi connectivity index (χ4v) is 3.79. The van der Waals surface area contributed by atoms with Gasteiger partial charge in [-0.15, -0.1) is 0 Å². The second-order valence-electron chi connectivity index (χ2n) is 7.59. The van der Waals surface area contributed by atoms with Gasteiger partial charge in [-0.2, -0.15) is 0 Å². The van der Waals surface area contributed by atoms with E-state index < -0.39 is 0 Å². The Morgan fingerprint density at radius 2 is 1.79 bits per heavy atom. The van der Waals surface area contributed by atoms with E-state index in [0.29, 0.717) is 5.92 Å². The quantitative estimate of drug-likeness (QED) is 0.665. The van der Waals surface area contributed by atoms with Gasteiger partial charge in [0.05, 0.1) is 6.04 Å². The molecule has 1 aliphatic rings. The highest BCUT2D eigenvalue weighted by atomic mass is 19.1. The van der Waals surface area contributed by atoms with Crippen LogP contribution in [-0.2, 0) is 16.2 Å². The summed E-state index contributed by atoms with van der Waals surface area (Å²) in [7, 11) is 0. The van der Waals surface area contributed by atoms with Crippen LogP contribution < -0.4 is 0 Å². The fraction of sp³-hybridized carbons (Fsp3) is 0.435. The summed E-state index contributed by atoms with van der Waals surface area (Å²) in [4.78, 5) is 20.4. The van der Waals surface area contributed by atoms with E-state index in [1.54, 1.807) is 12.1 Å². The third-order valence-corrected chi connectivity index (χ3v) is 5.38. The van der Waals surface area contributed by atoms with Crippen LogP contribution in [0.25, 0.3) is 0 Å². The maximum Gasteiger partial charge on any atom is 0.243 e. The number of hydrogen-bond donors (Lipinski definition) is 0. The molecular formula is C23H29FN2O2. The largest absolute Gasteiger partial charge is 0.303 e. The van der Waals surface area contributed by atoms with Gasteiger partial charge in [-0.3, -0.25) is 9.63 Å². The Balaban J connectivity index is 1.49. The van der Waals surface area contributed by atoms with Crippen molar-refractivity contribution in [3.05, 3.63) is 71.5 Å². The Bertz CT molecular complexity index is 743. The van der Waals surface area contributed by atoms with Crippen LogP contribution in [0, 0.1) is 5.82 Å². The summed E-state index contributed by atoms with van der Waals surface area (Å²) in [6.07, 6.45) is 1.79. The molecule has 28 heavy (non-hydrogen) atoms. The van der Waals surface area contributed by atoms with Gasteiger partial charge in [-0.1, -0.05) is 49.4 Å². The number of nitrogens with zero attached hydrogens (tertiary/aromatic N) is 2. The molecule has 2 aromatic rings. The Kier molecular flexibility index (Phi) is 7.18. The van der Waals surface area contributed by atoms with Crippen LogP contribution in [0.15, 0.2) is 54.6 Å². The predicted octanol–water partition coefficient (Wildman–Crippen LogP) is 4.37. The van der Waals surface area contributed by atoms with E-state index in [1.807, 2.05) is 6.07 Å². The molecule has 0 radical (unpaired) electrons. The number of halogens is 1. The third kappa shape index (κ3) is 5.63. The predicted molar refractivity (Wildman–Crippen MR) is 108 cm³/mol. The van der Waals surface area contributed by atoms with Crippen molar-refractivity contribution in [3.8, 4) is 0 Å². The molecule has 150 valence electrons. The van der Waals surface area contributed by atoms with E-state index in [4.69, 9.17) is 4.84 Å². The van der Waals surface area contributed by atoms with Crippen molar-refractivity contribution in [1.29, 1.82) is 0 Å². The lowest BCUT2D eigenvalue weighted by molar-refractivity contribution is -0.208. The van der Waals surface area contributed by atoms with Crippen LogP contribution in [-0.4, -0.2) is 41.5 Å². The zero-order valence-corrected chi connectivity index (χ0v) is 16.7. The average Bonchev–Trinajstić information content (AvgIpc) is 2.71. The van der Waals surface area contributed by atoms with Gasteiger partial charge in [0.25, 0.3) is 0 Å². The van der Waals surface area contributed by atoms with Gasteiger partial charge in [0, 0.05) is 26.6 Å². The SMILES string of the molecule is CC(=O)N(OCc1ccc(F)cc1)C1CCN(CC(C)c2ccccc2)CC1.